The summed E-state index contributed by atoms with van der Waals surface area (Å²) in [5.41, 5.74) is 2.31. The maximum Gasteiger partial charge on any atom is 0.289 e. The van der Waals surface area contributed by atoms with E-state index in [9.17, 15) is 4.79 Å². The number of aliphatic imine (C=N–C) groups is 1. The Labute approximate surface area is 189 Å². The van der Waals surface area contributed by atoms with Gasteiger partial charge in [0.1, 0.15) is 0 Å². The zero-order valence-corrected chi connectivity index (χ0v) is 19.3. The van der Waals surface area contributed by atoms with Crippen molar-refractivity contribution in [2.75, 3.05) is 39.8 Å². The summed E-state index contributed by atoms with van der Waals surface area (Å²) in [6, 6.07) is 11.8. The molecule has 1 fully saturated rings. The first-order chi connectivity index (χ1) is 13.7. The Morgan fingerprint density at radius 3 is 2.34 bits per heavy atom. The fourth-order valence-electron chi connectivity index (χ4n) is 3.18. The molecule has 29 heavy (non-hydrogen) atoms. The average Bonchev–Trinajstić information content (AvgIpc) is 3.27. The Morgan fingerprint density at radius 1 is 1.10 bits per heavy atom. The van der Waals surface area contributed by atoms with Gasteiger partial charge in [0, 0.05) is 39.8 Å². The first-order valence-corrected chi connectivity index (χ1v) is 9.64. The molecule has 8 heteroatoms. The van der Waals surface area contributed by atoms with Gasteiger partial charge in [0.05, 0.1) is 19.4 Å². The second kappa shape index (κ2) is 11.8. The number of hydrogen-bond donors (Lipinski definition) is 1. The Hall–Kier alpha value is -2.07. The summed E-state index contributed by atoms with van der Waals surface area (Å²) in [7, 11) is 1.70. The zero-order valence-electron chi connectivity index (χ0n) is 17.0. The van der Waals surface area contributed by atoms with Crippen LogP contribution in [0.4, 0.5) is 0 Å². The second-order valence-electron chi connectivity index (χ2n) is 6.68. The van der Waals surface area contributed by atoms with Gasteiger partial charge in [-0.25, -0.2) is 4.99 Å². The molecule has 0 spiro atoms. The van der Waals surface area contributed by atoms with Crippen LogP contribution in [0.2, 0.25) is 0 Å². The lowest BCUT2D eigenvalue weighted by Gasteiger charge is -2.36. The van der Waals surface area contributed by atoms with Gasteiger partial charge in [-0.15, -0.1) is 24.0 Å². The molecular weight excluding hydrogens is 483 g/mol. The van der Waals surface area contributed by atoms with Crippen molar-refractivity contribution in [2.45, 2.75) is 20.1 Å². The fourth-order valence-corrected chi connectivity index (χ4v) is 3.18. The molecular formula is C21H29IN4O3. The van der Waals surface area contributed by atoms with Crippen LogP contribution < -0.4 is 5.32 Å². The topological polar surface area (TPSA) is 70.3 Å². The Morgan fingerprint density at radius 2 is 1.76 bits per heavy atom. The van der Waals surface area contributed by atoms with Crippen LogP contribution in [0.1, 0.15) is 28.6 Å². The Bertz CT molecular complexity index is 770. The van der Waals surface area contributed by atoms with Crippen molar-refractivity contribution in [1.82, 2.24) is 15.1 Å². The molecule has 1 aliphatic heterocycles. The maximum atomic E-state index is 12.4. The van der Waals surface area contributed by atoms with Crippen molar-refractivity contribution in [1.29, 1.82) is 0 Å². The number of methoxy groups -OCH3 is 1. The molecule has 1 amide bonds. The number of hydrogen-bond acceptors (Lipinski definition) is 4. The molecule has 1 N–H and O–H groups in total. The molecule has 2 aromatic rings. The van der Waals surface area contributed by atoms with Gasteiger partial charge >= 0.3 is 0 Å². The average molecular weight is 512 g/mol. The summed E-state index contributed by atoms with van der Waals surface area (Å²) in [4.78, 5) is 21.2. The summed E-state index contributed by atoms with van der Waals surface area (Å²) >= 11 is 0. The molecule has 1 saturated heterocycles. The number of amides is 1. The lowest BCUT2D eigenvalue weighted by atomic mass is 10.1. The number of carbonyl (C=O) groups is 1. The van der Waals surface area contributed by atoms with Crippen molar-refractivity contribution >= 4 is 35.8 Å². The van der Waals surface area contributed by atoms with E-state index in [0.29, 0.717) is 32.0 Å². The van der Waals surface area contributed by atoms with E-state index in [4.69, 9.17) is 14.1 Å². The number of rotatable bonds is 6. The van der Waals surface area contributed by atoms with Crippen molar-refractivity contribution in [3.05, 3.63) is 59.5 Å². The van der Waals surface area contributed by atoms with Crippen LogP contribution in [0.3, 0.4) is 0 Å². The van der Waals surface area contributed by atoms with Crippen molar-refractivity contribution < 1.29 is 13.9 Å². The van der Waals surface area contributed by atoms with Crippen LogP contribution in [-0.4, -0.2) is 61.5 Å². The van der Waals surface area contributed by atoms with E-state index in [-0.39, 0.29) is 29.9 Å². The van der Waals surface area contributed by atoms with E-state index in [1.807, 2.05) is 4.90 Å². The molecule has 1 aromatic carbocycles. The zero-order chi connectivity index (χ0) is 19.8. The minimum Gasteiger partial charge on any atom is -0.459 e. The van der Waals surface area contributed by atoms with Crippen LogP contribution in [-0.2, 0) is 17.9 Å². The van der Waals surface area contributed by atoms with Gasteiger partial charge in [-0.3, -0.25) is 4.79 Å². The normalized spacial score (nSPS) is 14.5. The summed E-state index contributed by atoms with van der Waals surface area (Å²) in [6.07, 6.45) is 1.53. The maximum absolute atomic E-state index is 12.4. The number of ether oxygens (including phenoxy) is 1. The minimum atomic E-state index is -0.0530. The van der Waals surface area contributed by atoms with Crippen LogP contribution in [0.15, 0.2) is 52.1 Å². The number of piperazine rings is 1. The highest BCUT2D eigenvalue weighted by Gasteiger charge is 2.25. The molecule has 3 rings (SSSR count). The molecule has 0 radical (unpaired) electrons. The Balaban J connectivity index is 0.00000300. The predicted octanol–water partition coefficient (Wildman–Crippen LogP) is 2.97. The third kappa shape index (κ3) is 6.46. The number of nitrogens with one attached hydrogen (secondary N) is 1. The van der Waals surface area contributed by atoms with Crippen molar-refractivity contribution in [2.24, 2.45) is 4.99 Å². The van der Waals surface area contributed by atoms with Crippen molar-refractivity contribution in [3.8, 4) is 0 Å². The van der Waals surface area contributed by atoms with Gasteiger partial charge in [0.15, 0.2) is 11.7 Å². The second-order valence-corrected chi connectivity index (χ2v) is 6.68. The number of guanidine groups is 1. The molecule has 0 aliphatic carbocycles. The smallest absolute Gasteiger partial charge is 0.289 e. The molecule has 1 aliphatic rings. The van der Waals surface area contributed by atoms with E-state index in [1.54, 1.807) is 19.2 Å². The monoisotopic (exact) mass is 512 g/mol. The molecule has 0 unspecified atom stereocenters. The summed E-state index contributed by atoms with van der Waals surface area (Å²) in [5, 5.41) is 3.36. The number of benzene rings is 1. The highest BCUT2D eigenvalue weighted by molar-refractivity contribution is 14.0. The molecule has 158 valence electrons. The largest absolute Gasteiger partial charge is 0.459 e. The first kappa shape index (κ1) is 23.2. The van der Waals surface area contributed by atoms with Gasteiger partial charge in [0.2, 0.25) is 0 Å². The summed E-state index contributed by atoms with van der Waals surface area (Å²) < 4.78 is 10.4. The van der Waals surface area contributed by atoms with Crippen LogP contribution in [0.5, 0.6) is 0 Å². The van der Waals surface area contributed by atoms with Gasteiger partial charge < -0.3 is 24.3 Å². The molecule has 1 aromatic heterocycles. The summed E-state index contributed by atoms with van der Waals surface area (Å²) in [6.45, 7) is 6.87. The third-order valence-corrected chi connectivity index (χ3v) is 4.68. The highest BCUT2D eigenvalue weighted by atomic mass is 127. The molecule has 7 nitrogen and oxygen atoms in total. The minimum absolute atomic E-state index is 0. The summed E-state index contributed by atoms with van der Waals surface area (Å²) in [5.74, 6) is 1.22. The highest BCUT2D eigenvalue weighted by Crippen LogP contribution is 2.11. The molecule has 0 saturated carbocycles. The van der Waals surface area contributed by atoms with Gasteiger partial charge in [0.25, 0.3) is 5.91 Å². The number of furan rings is 1. The quantitative estimate of drug-likeness (QED) is 0.366. The van der Waals surface area contributed by atoms with E-state index < -0.39 is 0 Å². The molecule has 0 bridgehead atoms. The van der Waals surface area contributed by atoms with Crippen LogP contribution in [0, 0.1) is 0 Å². The first-order valence-electron chi connectivity index (χ1n) is 9.64. The molecule has 2 heterocycles. The van der Waals surface area contributed by atoms with Crippen LogP contribution >= 0.6 is 24.0 Å². The van der Waals surface area contributed by atoms with Crippen molar-refractivity contribution in [3.63, 3.8) is 0 Å². The number of nitrogens with zero attached hydrogens (tertiary/aromatic N) is 3. The van der Waals surface area contributed by atoms with Gasteiger partial charge in [-0.1, -0.05) is 24.3 Å². The molecule has 0 atom stereocenters. The van der Waals surface area contributed by atoms with Gasteiger partial charge in [-0.05, 0) is 30.2 Å². The fraction of sp³-hybridized carbons (Fsp3) is 0.429. The van der Waals surface area contributed by atoms with E-state index in [1.165, 1.54) is 6.26 Å². The standard InChI is InChI=1S/C21H28N4O3.HI/c1-3-22-21(23-15-17-6-8-18(9-7-17)16-27-2)25-12-10-24(11-13-25)20(26)19-5-4-14-28-19;/h4-9,14H,3,10-13,15-16H2,1-2H3,(H,22,23);1H. The van der Waals surface area contributed by atoms with E-state index in [2.05, 4.69) is 41.4 Å². The predicted molar refractivity (Wildman–Crippen MR) is 124 cm³/mol. The Kier molecular flexibility index (Phi) is 9.46. The lowest BCUT2D eigenvalue weighted by Crippen LogP contribution is -2.53. The lowest BCUT2D eigenvalue weighted by molar-refractivity contribution is 0.0657. The van der Waals surface area contributed by atoms with Gasteiger partial charge in [-0.2, -0.15) is 0 Å². The van der Waals surface area contributed by atoms with Crippen LogP contribution in [0.25, 0.3) is 0 Å². The number of carbonyl (C=O) groups excluding carboxylic acids is 1. The van der Waals surface area contributed by atoms with E-state index >= 15 is 0 Å². The number of halogens is 1. The SMILES string of the molecule is CCNC(=NCc1ccc(COC)cc1)N1CCN(C(=O)c2ccco2)CC1.I. The van der Waals surface area contributed by atoms with E-state index in [0.717, 1.165) is 36.7 Å². The third-order valence-electron chi connectivity index (χ3n) is 4.68.